The number of carboxylic acids is 1. The van der Waals surface area contributed by atoms with E-state index in [-0.39, 0.29) is 0 Å². The van der Waals surface area contributed by atoms with E-state index in [4.69, 9.17) is 5.11 Å². The average molecular weight is 252 g/mol. The Labute approximate surface area is 110 Å². The summed E-state index contributed by atoms with van der Waals surface area (Å²) in [5, 5.41) is 8.88. The van der Waals surface area contributed by atoms with Gasteiger partial charge in [0.05, 0.1) is 11.3 Å². The number of carbonyl (C=O) groups is 1. The second-order valence-corrected chi connectivity index (χ2v) is 4.45. The number of imidazole rings is 1. The Morgan fingerprint density at radius 2 is 1.74 bits per heavy atom. The summed E-state index contributed by atoms with van der Waals surface area (Å²) in [5.74, 6) is -0.910. The number of hydrogen-bond donors (Lipinski definition) is 1. The number of aromatic nitrogens is 2. The molecule has 0 radical (unpaired) electrons. The molecule has 2 aromatic heterocycles. The van der Waals surface area contributed by atoms with Gasteiger partial charge in [0, 0.05) is 12.4 Å². The summed E-state index contributed by atoms with van der Waals surface area (Å²) < 4.78 is 1.97. The lowest BCUT2D eigenvalue weighted by Gasteiger charge is -2.03. The van der Waals surface area contributed by atoms with Gasteiger partial charge in [0.15, 0.2) is 0 Å². The third-order valence-electron chi connectivity index (χ3n) is 3.04. The molecular formula is C15H12N2O2. The molecule has 0 unspecified atom stereocenters. The minimum absolute atomic E-state index is 0.295. The van der Waals surface area contributed by atoms with Gasteiger partial charge in [0.1, 0.15) is 5.65 Å². The van der Waals surface area contributed by atoms with Gasteiger partial charge in [-0.2, -0.15) is 0 Å². The van der Waals surface area contributed by atoms with Crippen molar-refractivity contribution in [2.75, 3.05) is 0 Å². The van der Waals surface area contributed by atoms with Gasteiger partial charge in [0.2, 0.25) is 0 Å². The van der Waals surface area contributed by atoms with Crippen LogP contribution in [0.25, 0.3) is 16.8 Å². The van der Waals surface area contributed by atoms with Crippen molar-refractivity contribution in [1.82, 2.24) is 9.38 Å². The van der Waals surface area contributed by atoms with Gasteiger partial charge in [-0.3, -0.25) is 0 Å². The molecule has 0 amide bonds. The SMILES string of the molecule is Cc1cn2cc(-c3ccc(C(=O)O)cc3)ccc2n1. The minimum Gasteiger partial charge on any atom is -0.478 e. The first-order valence-electron chi connectivity index (χ1n) is 5.92. The molecule has 0 aliphatic heterocycles. The first kappa shape index (κ1) is 11.5. The van der Waals surface area contributed by atoms with Crippen molar-refractivity contribution >= 4 is 11.6 Å². The monoisotopic (exact) mass is 252 g/mol. The topological polar surface area (TPSA) is 54.6 Å². The summed E-state index contributed by atoms with van der Waals surface area (Å²) in [7, 11) is 0. The van der Waals surface area contributed by atoms with Crippen LogP contribution in [0.1, 0.15) is 16.1 Å². The summed E-state index contributed by atoms with van der Waals surface area (Å²) in [6.45, 7) is 1.95. The van der Waals surface area contributed by atoms with E-state index in [1.807, 2.05) is 48.0 Å². The second-order valence-electron chi connectivity index (χ2n) is 4.45. The molecule has 94 valence electrons. The molecule has 0 aliphatic rings. The molecule has 0 saturated carbocycles. The highest BCUT2D eigenvalue weighted by atomic mass is 16.4. The van der Waals surface area contributed by atoms with E-state index in [0.717, 1.165) is 22.5 Å². The van der Waals surface area contributed by atoms with E-state index in [2.05, 4.69) is 4.98 Å². The van der Waals surface area contributed by atoms with Crippen LogP contribution in [0.2, 0.25) is 0 Å². The van der Waals surface area contributed by atoms with E-state index in [1.54, 1.807) is 12.1 Å². The fourth-order valence-corrected chi connectivity index (χ4v) is 2.09. The summed E-state index contributed by atoms with van der Waals surface area (Å²) in [4.78, 5) is 15.2. The van der Waals surface area contributed by atoms with Crippen LogP contribution in [-0.4, -0.2) is 20.5 Å². The number of benzene rings is 1. The molecule has 0 fully saturated rings. The summed E-state index contributed by atoms with van der Waals surface area (Å²) in [6.07, 6.45) is 3.95. The molecule has 4 heteroatoms. The summed E-state index contributed by atoms with van der Waals surface area (Å²) in [6, 6.07) is 10.8. The number of carboxylic acid groups (broad SMARTS) is 1. The molecule has 0 bridgehead atoms. The Morgan fingerprint density at radius 3 is 2.42 bits per heavy atom. The Hall–Kier alpha value is -2.62. The van der Waals surface area contributed by atoms with E-state index in [0.29, 0.717) is 5.56 Å². The minimum atomic E-state index is -0.910. The number of pyridine rings is 1. The third-order valence-corrected chi connectivity index (χ3v) is 3.04. The van der Waals surface area contributed by atoms with Crippen LogP contribution < -0.4 is 0 Å². The quantitative estimate of drug-likeness (QED) is 0.762. The van der Waals surface area contributed by atoms with Crippen molar-refractivity contribution in [2.45, 2.75) is 6.92 Å². The van der Waals surface area contributed by atoms with E-state index in [9.17, 15) is 4.79 Å². The van der Waals surface area contributed by atoms with E-state index >= 15 is 0 Å². The van der Waals surface area contributed by atoms with Crippen LogP contribution in [0.4, 0.5) is 0 Å². The normalized spacial score (nSPS) is 10.8. The van der Waals surface area contributed by atoms with Gasteiger partial charge in [0.25, 0.3) is 0 Å². The van der Waals surface area contributed by atoms with Crippen LogP contribution >= 0.6 is 0 Å². The lowest BCUT2D eigenvalue weighted by atomic mass is 10.1. The van der Waals surface area contributed by atoms with Gasteiger partial charge in [-0.15, -0.1) is 0 Å². The largest absolute Gasteiger partial charge is 0.478 e. The van der Waals surface area contributed by atoms with Crippen LogP contribution in [0.5, 0.6) is 0 Å². The molecule has 0 aliphatic carbocycles. The second kappa shape index (κ2) is 4.24. The van der Waals surface area contributed by atoms with E-state index < -0.39 is 5.97 Å². The Kier molecular flexibility index (Phi) is 2.56. The van der Waals surface area contributed by atoms with Gasteiger partial charge in [-0.05, 0) is 42.3 Å². The van der Waals surface area contributed by atoms with Crippen molar-refractivity contribution < 1.29 is 9.90 Å². The first-order valence-corrected chi connectivity index (χ1v) is 5.92. The first-order chi connectivity index (χ1) is 9.13. The van der Waals surface area contributed by atoms with Crippen molar-refractivity contribution in [3.63, 3.8) is 0 Å². The maximum absolute atomic E-state index is 10.8. The van der Waals surface area contributed by atoms with Crippen LogP contribution in [0.3, 0.4) is 0 Å². The molecule has 3 rings (SSSR count). The van der Waals surface area contributed by atoms with Crippen molar-refractivity contribution in [3.8, 4) is 11.1 Å². The van der Waals surface area contributed by atoms with Gasteiger partial charge < -0.3 is 9.51 Å². The predicted octanol–water partition coefficient (Wildman–Crippen LogP) is 3.01. The number of hydrogen-bond acceptors (Lipinski definition) is 2. The number of rotatable bonds is 2. The molecule has 0 saturated heterocycles. The Morgan fingerprint density at radius 1 is 1.05 bits per heavy atom. The molecule has 3 aromatic rings. The van der Waals surface area contributed by atoms with Crippen molar-refractivity contribution in [2.24, 2.45) is 0 Å². The zero-order valence-electron chi connectivity index (χ0n) is 10.4. The Balaban J connectivity index is 2.05. The number of aryl methyl sites for hydroxylation is 1. The fourth-order valence-electron chi connectivity index (χ4n) is 2.09. The molecule has 4 nitrogen and oxygen atoms in total. The van der Waals surface area contributed by atoms with Crippen LogP contribution in [-0.2, 0) is 0 Å². The van der Waals surface area contributed by atoms with Crippen molar-refractivity contribution in [3.05, 3.63) is 60.0 Å². The molecule has 0 atom stereocenters. The van der Waals surface area contributed by atoms with E-state index in [1.165, 1.54) is 0 Å². The molecular weight excluding hydrogens is 240 g/mol. The maximum Gasteiger partial charge on any atom is 0.335 e. The predicted molar refractivity (Wildman–Crippen MR) is 72.3 cm³/mol. The molecule has 2 heterocycles. The third kappa shape index (κ3) is 2.08. The highest BCUT2D eigenvalue weighted by Gasteiger charge is 2.04. The van der Waals surface area contributed by atoms with Gasteiger partial charge >= 0.3 is 5.97 Å². The standard InChI is InChI=1S/C15H12N2O2/c1-10-8-17-9-13(6-7-14(17)16-10)11-2-4-12(5-3-11)15(18)19/h2-9H,1H3,(H,18,19). The highest BCUT2D eigenvalue weighted by molar-refractivity contribution is 5.88. The molecule has 1 aromatic carbocycles. The molecule has 0 spiro atoms. The van der Waals surface area contributed by atoms with Crippen molar-refractivity contribution in [1.29, 1.82) is 0 Å². The fraction of sp³-hybridized carbons (Fsp3) is 0.0667. The maximum atomic E-state index is 10.8. The Bertz CT molecular complexity index is 757. The number of fused-ring (bicyclic) bond motifs is 1. The van der Waals surface area contributed by atoms with Gasteiger partial charge in [-0.1, -0.05) is 12.1 Å². The lowest BCUT2D eigenvalue weighted by molar-refractivity contribution is 0.0697. The number of nitrogens with zero attached hydrogens (tertiary/aromatic N) is 2. The summed E-state index contributed by atoms with van der Waals surface area (Å²) >= 11 is 0. The molecule has 19 heavy (non-hydrogen) atoms. The smallest absolute Gasteiger partial charge is 0.335 e. The zero-order chi connectivity index (χ0) is 13.4. The van der Waals surface area contributed by atoms with Crippen LogP contribution in [0.15, 0.2) is 48.8 Å². The average Bonchev–Trinajstić information content (AvgIpc) is 2.77. The van der Waals surface area contributed by atoms with Gasteiger partial charge in [-0.25, -0.2) is 9.78 Å². The number of aromatic carboxylic acids is 1. The highest BCUT2D eigenvalue weighted by Crippen LogP contribution is 2.20. The molecule has 1 N–H and O–H groups in total. The summed E-state index contributed by atoms with van der Waals surface area (Å²) in [5.41, 5.74) is 4.19. The zero-order valence-corrected chi connectivity index (χ0v) is 10.4. The van der Waals surface area contributed by atoms with Crippen LogP contribution in [0, 0.1) is 6.92 Å². The lowest BCUT2D eigenvalue weighted by Crippen LogP contribution is -1.95.